The summed E-state index contributed by atoms with van der Waals surface area (Å²) in [5, 5.41) is 7.87. The lowest BCUT2D eigenvalue weighted by Crippen LogP contribution is -2.13. The van der Waals surface area contributed by atoms with Crippen molar-refractivity contribution in [1.29, 1.82) is 0 Å². The molecule has 0 fully saturated rings. The third kappa shape index (κ3) is 20.7. The maximum Gasteiger partial charge on any atom is 0.199 e. The molecular weight excluding hydrogens is 745 g/mol. The molecule has 13 heteroatoms. The molecule has 0 amide bonds. The first-order valence-electron chi connectivity index (χ1n) is 18.3. The Hall–Kier alpha value is -3.68. The fourth-order valence-electron chi connectivity index (χ4n) is 3.55. The molecule has 0 unspecified atom stereocenters. The summed E-state index contributed by atoms with van der Waals surface area (Å²) < 4.78 is 18.2. The van der Waals surface area contributed by atoms with E-state index in [1.54, 1.807) is 54.8 Å². The van der Waals surface area contributed by atoms with Gasteiger partial charge in [-0.3, -0.25) is 9.97 Å². The highest BCUT2D eigenvalue weighted by molar-refractivity contribution is 7.07. The second kappa shape index (κ2) is 21.6. The van der Waals surface area contributed by atoms with Crippen LogP contribution in [0.4, 0.5) is 0 Å². The number of aromatic nitrogens is 8. The number of nitrogens with zero attached hydrogens (tertiary/aromatic N) is 8. The van der Waals surface area contributed by atoms with Gasteiger partial charge in [0.15, 0.2) is 11.8 Å². The van der Waals surface area contributed by atoms with Gasteiger partial charge >= 0.3 is 0 Å². The molecule has 0 aromatic carbocycles. The summed E-state index contributed by atoms with van der Waals surface area (Å²) in [7, 11) is 0. The fraction of sp³-hybridized carbons (Fsp3) is 0.571. The molecule has 0 aliphatic rings. The van der Waals surface area contributed by atoms with Gasteiger partial charge in [-0.25, -0.2) is 15.0 Å². The molecule has 304 valence electrons. The van der Waals surface area contributed by atoms with Crippen molar-refractivity contribution in [2.75, 3.05) is 0 Å². The minimum atomic E-state index is 0.0451. The van der Waals surface area contributed by atoms with Crippen molar-refractivity contribution in [2.24, 2.45) is 0 Å². The molecule has 0 aliphatic carbocycles. The maximum absolute atomic E-state index is 5.09. The summed E-state index contributed by atoms with van der Waals surface area (Å²) in [6.45, 7) is 38.3. The quantitative estimate of drug-likeness (QED) is 0.146. The summed E-state index contributed by atoms with van der Waals surface area (Å²) in [6, 6.07) is 2.07. The first kappa shape index (κ1) is 49.3. The molecule has 0 saturated heterocycles. The molecule has 0 aliphatic heterocycles. The number of hydrogen-bond donors (Lipinski definition) is 0. The van der Waals surface area contributed by atoms with Gasteiger partial charge in [-0.1, -0.05) is 129 Å². The molecule has 6 aromatic heterocycles. The molecule has 6 heterocycles. The van der Waals surface area contributed by atoms with Crippen molar-refractivity contribution in [3.05, 3.63) is 106 Å². The van der Waals surface area contributed by atoms with Gasteiger partial charge in [0, 0.05) is 56.4 Å². The van der Waals surface area contributed by atoms with Crippen LogP contribution >= 0.6 is 34.4 Å². The van der Waals surface area contributed by atoms with Gasteiger partial charge in [0.25, 0.3) is 0 Å². The van der Waals surface area contributed by atoms with E-state index in [4.69, 9.17) is 8.83 Å². The van der Waals surface area contributed by atoms with Crippen molar-refractivity contribution >= 4 is 34.4 Å². The Morgan fingerprint density at radius 3 is 1.24 bits per heavy atom. The van der Waals surface area contributed by atoms with Crippen molar-refractivity contribution in [3.8, 4) is 0 Å². The largest absolute Gasteiger partial charge is 0.448 e. The van der Waals surface area contributed by atoms with Crippen LogP contribution in [0, 0.1) is 0 Å². The van der Waals surface area contributed by atoms with Crippen molar-refractivity contribution in [1.82, 2.24) is 38.9 Å². The van der Waals surface area contributed by atoms with E-state index in [-0.39, 0.29) is 32.5 Å². The highest BCUT2D eigenvalue weighted by Gasteiger charge is 2.19. The van der Waals surface area contributed by atoms with Crippen LogP contribution in [0.15, 0.2) is 80.9 Å². The van der Waals surface area contributed by atoms with E-state index in [2.05, 4.69) is 175 Å². The first-order valence-corrected chi connectivity index (χ1v) is 20.8. The molecule has 0 radical (unpaired) electrons. The van der Waals surface area contributed by atoms with Crippen LogP contribution in [0.1, 0.15) is 158 Å². The second-order valence-electron chi connectivity index (χ2n) is 18.8. The Labute approximate surface area is 343 Å². The lowest BCUT2D eigenvalue weighted by Gasteiger charge is -2.15. The van der Waals surface area contributed by atoms with Crippen LogP contribution in [-0.4, -0.2) is 38.9 Å². The van der Waals surface area contributed by atoms with Crippen molar-refractivity contribution in [3.63, 3.8) is 0 Å². The van der Waals surface area contributed by atoms with Gasteiger partial charge in [0.2, 0.25) is 0 Å². The Bertz CT molecular complexity index is 1510. The molecule has 0 saturated carbocycles. The van der Waals surface area contributed by atoms with E-state index in [0.717, 1.165) is 17.5 Å². The molecule has 0 spiro atoms. The van der Waals surface area contributed by atoms with Crippen LogP contribution in [0.3, 0.4) is 0 Å². The summed E-state index contributed by atoms with van der Waals surface area (Å²) in [4.78, 5) is 21.7. The Morgan fingerprint density at radius 2 is 1.04 bits per heavy atom. The summed E-state index contributed by atoms with van der Waals surface area (Å²) in [5.41, 5.74) is 6.16. The normalized spacial score (nSPS) is 11.8. The summed E-state index contributed by atoms with van der Waals surface area (Å²) in [5.74, 6) is 1.59. The average Bonchev–Trinajstić information content (AvgIpc) is 3.91. The third-order valence-corrected chi connectivity index (χ3v) is 9.22. The van der Waals surface area contributed by atoms with E-state index >= 15 is 0 Å². The van der Waals surface area contributed by atoms with Gasteiger partial charge in [0.05, 0.1) is 46.1 Å². The molecular formula is C42H66N8O2S3. The Kier molecular flexibility index (Phi) is 19.4. The second-order valence-corrected chi connectivity index (χ2v) is 21.0. The molecule has 6 aromatic rings. The van der Waals surface area contributed by atoms with E-state index < -0.39 is 0 Å². The highest BCUT2D eigenvalue weighted by atomic mass is 32.1. The minimum Gasteiger partial charge on any atom is -0.448 e. The van der Waals surface area contributed by atoms with Gasteiger partial charge in [-0.05, 0) is 34.5 Å². The zero-order valence-corrected chi connectivity index (χ0v) is 39.0. The van der Waals surface area contributed by atoms with Crippen LogP contribution in [-0.2, 0) is 32.5 Å². The van der Waals surface area contributed by atoms with Gasteiger partial charge in [-0.2, -0.15) is 4.37 Å². The average molecular weight is 811 g/mol. The molecule has 55 heavy (non-hydrogen) atoms. The van der Waals surface area contributed by atoms with Crippen LogP contribution < -0.4 is 0 Å². The third-order valence-electron chi connectivity index (χ3n) is 6.99. The van der Waals surface area contributed by atoms with Crippen LogP contribution in [0.5, 0.6) is 0 Å². The standard InChI is InChI=1S/C8H12N2.2C7H11NO.2C7H11NS.C6H10N2S/c1-8(2,3)7-6-9-4-5-10-7;2*1-7(2,3)6-8-4-5-9-6;1-7(2,3)6-4-9-5-8-6;1-7(2,3)6-4-5-9-8-6;1-6(2,3)5-4-7-8-9-5/h4-6H,1-3H3;4*4-5H,1-3H3;4H,1-3H3. The highest BCUT2D eigenvalue weighted by Crippen LogP contribution is 2.24. The number of hydrogen-bond acceptors (Lipinski definition) is 13. The van der Waals surface area contributed by atoms with Crippen LogP contribution in [0.25, 0.3) is 0 Å². The SMILES string of the molecule is CC(C)(C)c1ccsn1.CC(C)(C)c1cnccn1.CC(C)(C)c1cnns1.CC(C)(C)c1cscn1.CC(C)(C)c1ncco1.CC(C)(C)c1ncco1. The molecule has 0 bridgehead atoms. The fourth-order valence-corrected chi connectivity index (χ4v) is 5.58. The zero-order chi connectivity index (χ0) is 42.1. The number of thiazole rings is 1. The van der Waals surface area contributed by atoms with E-state index in [1.807, 2.05) is 17.1 Å². The predicted octanol–water partition coefficient (Wildman–Crippen LogP) is 12.4. The number of oxazole rings is 2. The Morgan fingerprint density at radius 1 is 0.509 bits per heavy atom. The van der Waals surface area contributed by atoms with Gasteiger partial charge in [0.1, 0.15) is 12.5 Å². The Balaban J connectivity index is 0.000000330. The predicted molar refractivity (Wildman–Crippen MR) is 231 cm³/mol. The smallest absolute Gasteiger partial charge is 0.199 e. The van der Waals surface area contributed by atoms with E-state index in [0.29, 0.717) is 0 Å². The van der Waals surface area contributed by atoms with Crippen molar-refractivity contribution in [2.45, 2.75) is 157 Å². The van der Waals surface area contributed by atoms with Crippen LogP contribution in [0.2, 0.25) is 0 Å². The lowest BCUT2D eigenvalue weighted by atomic mass is 9.93. The van der Waals surface area contributed by atoms with Gasteiger partial charge < -0.3 is 8.83 Å². The van der Waals surface area contributed by atoms with Gasteiger partial charge in [-0.15, -0.1) is 16.4 Å². The summed E-state index contributed by atoms with van der Waals surface area (Å²) >= 11 is 4.64. The first-order chi connectivity index (χ1) is 25.1. The zero-order valence-electron chi connectivity index (χ0n) is 36.5. The summed E-state index contributed by atoms with van der Waals surface area (Å²) in [6.07, 6.45) is 13.6. The maximum atomic E-state index is 5.09. The molecule has 0 N–H and O–H groups in total. The van der Waals surface area contributed by atoms with Crippen molar-refractivity contribution < 1.29 is 8.83 Å². The molecule has 0 atom stereocenters. The minimum absolute atomic E-state index is 0.0451. The molecule has 6 rings (SSSR count). The monoisotopic (exact) mass is 810 g/mol. The topological polar surface area (TPSA) is 129 Å². The van der Waals surface area contributed by atoms with E-state index in [1.165, 1.54) is 39.3 Å². The number of rotatable bonds is 0. The molecule has 10 nitrogen and oxygen atoms in total. The van der Waals surface area contributed by atoms with E-state index in [9.17, 15) is 0 Å². The lowest BCUT2D eigenvalue weighted by molar-refractivity contribution is 0.392.